The van der Waals surface area contributed by atoms with Gasteiger partial charge in [0, 0.05) is 30.9 Å². The number of nitrogens with zero attached hydrogens (tertiary/aromatic N) is 1. The molecule has 2 aromatic rings. The van der Waals surface area contributed by atoms with E-state index in [9.17, 15) is 10.1 Å². The molecular weight excluding hydrogens is 382 g/mol. The molecule has 3 nitrogen and oxygen atoms in total. The highest BCUT2D eigenvalue weighted by molar-refractivity contribution is 9.13. The quantitative estimate of drug-likeness (QED) is 0.531. The lowest BCUT2D eigenvalue weighted by atomic mass is 10.3. The van der Waals surface area contributed by atoms with E-state index in [1.807, 2.05) is 18.2 Å². The number of halogens is 2. The average Bonchev–Trinajstić information content (AvgIpc) is 2.34. The molecule has 0 N–H and O–H groups in total. The highest BCUT2D eigenvalue weighted by Gasteiger charge is 2.05. The second-order valence-electron chi connectivity index (χ2n) is 3.43. The predicted octanol–water partition coefficient (Wildman–Crippen LogP) is 5.27. The molecule has 0 spiro atoms. The van der Waals surface area contributed by atoms with Gasteiger partial charge >= 0.3 is 0 Å². The van der Waals surface area contributed by atoms with Crippen LogP contribution < -0.4 is 0 Å². The Hall–Kier alpha value is -0.850. The van der Waals surface area contributed by atoms with Gasteiger partial charge in [0.25, 0.3) is 5.69 Å². The number of non-ortho nitro benzene ring substituents is 1. The zero-order chi connectivity index (χ0) is 13.1. The van der Waals surface area contributed by atoms with Gasteiger partial charge in [0.1, 0.15) is 0 Å². The van der Waals surface area contributed by atoms with E-state index in [1.165, 1.54) is 12.1 Å². The van der Waals surface area contributed by atoms with Gasteiger partial charge in [-0.1, -0.05) is 11.8 Å². The Morgan fingerprint density at radius 1 is 0.944 bits per heavy atom. The van der Waals surface area contributed by atoms with Crippen LogP contribution in [-0.4, -0.2) is 4.92 Å². The van der Waals surface area contributed by atoms with Crippen molar-refractivity contribution < 1.29 is 4.92 Å². The molecule has 0 saturated heterocycles. The number of hydrogen-bond acceptors (Lipinski definition) is 3. The second kappa shape index (κ2) is 5.86. The molecule has 0 aromatic heterocycles. The van der Waals surface area contributed by atoms with E-state index in [0.717, 1.165) is 18.7 Å². The van der Waals surface area contributed by atoms with Crippen LogP contribution in [-0.2, 0) is 0 Å². The van der Waals surface area contributed by atoms with Crippen molar-refractivity contribution in [3.63, 3.8) is 0 Å². The number of rotatable bonds is 3. The van der Waals surface area contributed by atoms with Crippen LogP contribution in [0.4, 0.5) is 5.69 Å². The smallest absolute Gasteiger partial charge is 0.258 e. The van der Waals surface area contributed by atoms with Gasteiger partial charge in [-0.05, 0) is 62.2 Å². The summed E-state index contributed by atoms with van der Waals surface area (Å²) in [7, 11) is 0. The van der Waals surface area contributed by atoms with Gasteiger partial charge in [-0.2, -0.15) is 0 Å². The molecule has 0 heterocycles. The Morgan fingerprint density at radius 3 is 2.11 bits per heavy atom. The fourth-order valence-corrected chi connectivity index (χ4v) is 2.95. The Balaban J connectivity index is 2.18. The summed E-state index contributed by atoms with van der Waals surface area (Å²) in [5, 5.41) is 10.5. The Kier molecular flexibility index (Phi) is 4.42. The molecule has 18 heavy (non-hydrogen) atoms. The van der Waals surface area contributed by atoms with Gasteiger partial charge in [0.2, 0.25) is 0 Å². The molecule has 0 saturated carbocycles. The molecule has 2 aromatic carbocycles. The van der Waals surface area contributed by atoms with Gasteiger partial charge in [-0.15, -0.1) is 0 Å². The zero-order valence-electron chi connectivity index (χ0n) is 8.97. The average molecular weight is 389 g/mol. The van der Waals surface area contributed by atoms with Crippen molar-refractivity contribution in [1.29, 1.82) is 0 Å². The molecule has 0 radical (unpaired) electrons. The molecule has 0 amide bonds. The number of benzene rings is 2. The first-order valence-electron chi connectivity index (χ1n) is 4.93. The van der Waals surface area contributed by atoms with Crippen molar-refractivity contribution >= 4 is 49.3 Å². The molecule has 2 rings (SSSR count). The van der Waals surface area contributed by atoms with E-state index in [-0.39, 0.29) is 5.69 Å². The van der Waals surface area contributed by atoms with E-state index in [4.69, 9.17) is 0 Å². The maximum absolute atomic E-state index is 10.5. The van der Waals surface area contributed by atoms with Crippen LogP contribution in [0.25, 0.3) is 0 Å². The van der Waals surface area contributed by atoms with Crippen molar-refractivity contribution in [2.24, 2.45) is 0 Å². The number of hydrogen-bond donors (Lipinski definition) is 0. The minimum Gasteiger partial charge on any atom is -0.258 e. The lowest BCUT2D eigenvalue weighted by Gasteiger charge is -2.03. The van der Waals surface area contributed by atoms with Crippen LogP contribution in [0.1, 0.15) is 0 Å². The Bertz CT molecular complexity index is 587. The van der Waals surface area contributed by atoms with Crippen LogP contribution in [0.2, 0.25) is 0 Å². The van der Waals surface area contributed by atoms with Crippen molar-refractivity contribution in [3.8, 4) is 0 Å². The first-order chi connectivity index (χ1) is 8.56. The van der Waals surface area contributed by atoms with E-state index >= 15 is 0 Å². The van der Waals surface area contributed by atoms with Crippen LogP contribution >= 0.6 is 43.6 Å². The SMILES string of the molecule is O=[N+]([O-])c1ccc(Sc2ccc(Br)c(Br)c2)cc1. The first kappa shape index (κ1) is 13.6. The van der Waals surface area contributed by atoms with Crippen LogP contribution in [0.5, 0.6) is 0 Å². The summed E-state index contributed by atoms with van der Waals surface area (Å²) in [6.45, 7) is 0. The minimum atomic E-state index is -0.398. The second-order valence-corrected chi connectivity index (χ2v) is 6.28. The Labute approximate surface area is 125 Å². The highest BCUT2D eigenvalue weighted by atomic mass is 79.9. The molecule has 0 aliphatic heterocycles. The molecule has 0 fully saturated rings. The summed E-state index contributed by atoms with van der Waals surface area (Å²) in [4.78, 5) is 12.2. The fourth-order valence-electron chi connectivity index (χ4n) is 1.31. The summed E-state index contributed by atoms with van der Waals surface area (Å²) in [5.41, 5.74) is 0.108. The highest BCUT2D eigenvalue weighted by Crippen LogP contribution is 2.33. The van der Waals surface area contributed by atoms with E-state index in [0.29, 0.717) is 0 Å². The van der Waals surface area contributed by atoms with E-state index < -0.39 is 4.92 Å². The van der Waals surface area contributed by atoms with E-state index in [2.05, 4.69) is 31.9 Å². The van der Waals surface area contributed by atoms with Crippen LogP contribution in [0.3, 0.4) is 0 Å². The lowest BCUT2D eigenvalue weighted by Crippen LogP contribution is -1.86. The largest absolute Gasteiger partial charge is 0.269 e. The normalized spacial score (nSPS) is 10.3. The third kappa shape index (κ3) is 3.34. The van der Waals surface area contributed by atoms with Crippen molar-refractivity contribution in [2.45, 2.75) is 9.79 Å². The van der Waals surface area contributed by atoms with Gasteiger partial charge in [0.15, 0.2) is 0 Å². The molecular formula is C12H7Br2NO2S. The fraction of sp³-hybridized carbons (Fsp3) is 0. The third-order valence-corrected chi connectivity index (χ3v) is 5.05. The zero-order valence-corrected chi connectivity index (χ0v) is 13.0. The molecule has 6 heteroatoms. The Morgan fingerprint density at radius 2 is 1.56 bits per heavy atom. The summed E-state index contributed by atoms with van der Waals surface area (Å²) in [5.74, 6) is 0. The molecule has 0 unspecified atom stereocenters. The predicted molar refractivity (Wildman–Crippen MR) is 79.1 cm³/mol. The van der Waals surface area contributed by atoms with Crippen LogP contribution in [0.15, 0.2) is 61.2 Å². The summed E-state index contributed by atoms with van der Waals surface area (Å²) in [6, 6.07) is 12.5. The first-order valence-corrected chi connectivity index (χ1v) is 7.34. The van der Waals surface area contributed by atoms with Gasteiger partial charge in [0.05, 0.1) is 4.92 Å². The van der Waals surface area contributed by atoms with Crippen molar-refractivity contribution in [3.05, 3.63) is 61.5 Å². The topological polar surface area (TPSA) is 43.1 Å². The number of nitro benzene ring substituents is 1. The summed E-state index contributed by atoms with van der Waals surface area (Å²) < 4.78 is 1.98. The molecule has 0 aliphatic carbocycles. The maximum atomic E-state index is 10.5. The summed E-state index contributed by atoms with van der Waals surface area (Å²) >= 11 is 8.41. The van der Waals surface area contributed by atoms with E-state index in [1.54, 1.807) is 23.9 Å². The minimum absolute atomic E-state index is 0.108. The lowest BCUT2D eigenvalue weighted by molar-refractivity contribution is -0.384. The van der Waals surface area contributed by atoms with Gasteiger partial charge < -0.3 is 0 Å². The molecule has 0 bridgehead atoms. The molecule has 92 valence electrons. The molecule has 0 aliphatic rings. The number of nitro groups is 1. The van der Waals surface area contributed by atoms with Crippen molar-refractivity contribution in [2.75, 3.05) is 0 Å². The molecule has 0 atom stereocenters. The van der Waals surface area contributed by atoms with Gasteiger partial charge in [-0.3, -0.25) is 10.1 Å². The standard InChI is InChI=1S/C12H7Br2NO2S/c13-11-6-5-10(7-12(11)14)18-9-3-1-8(2-4-9)15(16)17/h1-7H. The van der Waals surface area contributed by atoms with Gasteiger partial charge in [-0.25, -0.2) is 0 Å². The monoisotopic (exact) mass is 387 g/mol. The maximum Gasteiger partial charge on any atom is 0.269 e. The third-order valence-electron chi connectivity index (χ3n) is 2.17. The summed E-state index contributed by atoms with van der Waals surface area (Å²) in [6.07, 6.45) is 0. The van der Waals surface area contributed by atoms with Crippen LogP contribution in [0, 0.1) is 10.1 Å². The van der Waals surface area contributed by atoms with Crippen molar-refractivity contribution in [1.82, 2.24) is 0 Å².